The van der Waals surface area contributed by atoms with Crippen LogP contribution < -0.4 is 4.74 Å². The SMILES string of the molecule is Cc1[nH]cnc1CC(=O)N1CCOc2ccccc2C1. The molecule has 0 spiro atoms. The lowest BCUT2D eigenvalue weighted by Gasteiger charge is -2.19. The summed E-state index contributed by atoms with van der Waals surface area (Å²) in [5, 5.41) is 0. The highest BCUT2D eigenvalue weighted by atomic mass is 16.5. The van der Waals surface area contributed by atoms with E-state index in [4.69, 9.17) is 4.74 Å². The van der Waals surface area contributed by atoms with Gasteiger partial charge in [0, 0.05) is 17.8 Å². The van der Waals surface area contributed by atoms with Gasteiger partial charge in [0.1, 0.15) is 12.4 Å². The molecule has 0 bridgehead atoms. The maximum atomic E-state index is 12.4. The van der Waals surface area contributed by atoms with Crippen molar-refractivity contribution < 1.29 is 9.53 Å². The molecule has 0 atom stereocenters. The quantitative estimate of drug-likeness (QED) is 0.904. The normalized spacial score (nSPS) is 14.3. The number of benzene rings is 1. The molecule has 5 nitrogen and oxygen atoms in total. The second-order valence-corrected chi connectivity index (χ2v) is 4.92. The Morgan fingerprint density at radius 3 is 3.10 bits per heavy atom. The number of nitrogens with zero attached hydrogens (tertiary/aromatic N) is 2. The molecule has 2 heterocycles. The van der Waals surface area contributed by atoms with E-state index in [1.54, 1.807) is 6.33 Å². The van der Waals surface area contributed by atoms with Crippen LogP contribution in [0.1, 0.15) is 17.0 Å². The van der Waals surface area contributed by atoms with Gasteiger partial charge in [0.25, 0.3) is 0 Å². The topological polar surface area (TPSA) is 58.2 Å². The minimum absolute atomic E-state index is 0.0838. The molecule has 1 amide bonds. The number of rotatable bonds is 2. The minimum Gasteiger partial charge on any atom is -0.491 e. The molecule has 1 aliphatic heterocycles. The zero-order valence-corrected chi connectivity index (χ0v) is 11.4. The second kappa shape index (κ2) is 5.36. The maximum absolute atomic E-state index is 12.4. The highest BCUT2D eigenvalue weighted by Crippen LogP contribution is 2.22. The van der Waals surface area contributed by atoms with Crippen LogP contribution in [0.4, 0.5) is 0 Å². The van der Waals surface area contributed by atoms with Crippen molar-refractivity contribution in [3.05, 3.63) is 47.5 Å². The van der Waals surface area contributed by atoms with Gasteiger partial charge in [0.2, 0.25) is 5.91 Å². The number of amides is 1. The van der Waals surface area contributed by atoms with Crippen molar-refractivity contribution in [1.82, 2.24) is 14.9 Å². The minimum atomic E-state index is 0.0838. The zero-order chi connectivity index (χ0) is 13.9. The van der Waals surface area contributed by atoms with Crippen LogP contribution in [0.5, 0.6) is 5.75 Å². The first-order chi connectivity index (χ1) is 9.74. The second-order valence-electron chi connectivity index (χ2n) is 4.92. The number of hydrogen-bond acceptors (Lipinski definition) is 3. The molecule has 0 fully saturated rings. The third-order valence-corrected chi connectivity index (χ3v) is 3.56. The lowest BCUT2D eigenvalue weighted by atomic mass is 10.1. The molecule has 20 heavy (non-hydrogen) atoms. The summed E-state index contributed by atoms with van der Waals surface area (Å²) >= 11 is 0. The lowest BCUT2D eigenvalue weighted by molar-refractivity contribution is -0.131. The van der Waals surface area contributed by atoms with Crippen molar-refractivity contribution in [3.8, 4) is 5.75 Å². The molecule has 1 aliphatic rings. The van der Waals surface area contributed by atoms with Crippen LogP contribution in [-0.2, 0) is 17.8 Å². The average molecular weight is 271 g/mol. The van der Waals surface area contributed by atoms with Gasteiger partial charge in [-0.05, 0) is 13.0 Å². The summed E-state index contributed by atoms with van der Waals surface area (Å²) in [5.41, 5.74) is 2.82. The van der Waals surface area contributed by atoms with Crippen LogP contribution in [0, 0.1) is 6.92 Å². The smallest absolute Gasteiger partial charge is 0.229 e. The average Bonchev–Trinajstić information content (AvgIpc) is 2.74. The van der Waals surface area contributed by atoms with Crippen molar-refractivity contribution >= 4 is 5.91 Å². The van der Waals surface area contributed by atoms with Crippen molar-refractivity contribution in [2.45, 2.75) is 19.9 Å². The Balaban J connectivity index is 1.74. The Morgan fingerprint density at radius 1 is 1.45 bits per heavy atom. The molecule has 1 N–H and O–H groups in total. The summed E-state index contributed by atoms with van der Waals surface area (Å²) in [6, 6.07) is 7.86. The fraction of sp³-hybridized carbons (Fsp3) is 0.333. The Morgan fingerprint density at radius 2 is 2.30 bits per heavy atom. The van der Waals surface area contributed by atoms with E-state index in [1.807, 2.05) is 36.1 Å². The Labute approximate surface area is 117 Å². The molecule has 2 aromatic rings. The van der Waals surface area contributed by atoms with Crippen molar-refractivity contribution in [3.63, 3.8) is 0 Å². The zero-order valence-electron chi connectivity index (χ0n) is 11.4. The summed E-state index contributed by atoms with van der Waals surface area (Å²) in [7, 11) is 0. The number of aryl methyl sites for hydroxylation is 1. The first-order valence-electron chi connectivity index (χ1n) is 6.71. The van der Waals surface area contributed by atoms with Gasteiger partial charge in [-0.25, -0.2) is 4.98 Å². The van der Waals surface area contributed by atoms with Gasteiger partial charge in [-0.2, -0.15) is 0 Å². The number of aromatic amines is 1. The highest BCUT2D eigenvalue weighted by molar-refractivity contribution is 5.78. The Bertz CT molecular complexity index is 621. The number of H-pyrrole nitrogens is 1. The first-order valence-corrected chi connectivity index (χ1v) is 6.71. The molecule has 0 saturated heterocycles. The molecule has 0 radical (unpaired) electrons. The monoisotopic (exact) mass is 271 g/mol. The van der Waals surface area contributed by atoms with Crippen LogP contribution >= 0.6 is 0 Å². The summed E-state index contributed by atoms with van der Waals surface area (Å²) in [4.78, 5) is 21.4. The van der Waals surface area contributed by atoms with Gasteiger partial charge in [0.05, 0.1) is 25.0 Å². The van der Waals surface area contributed by atoms with E-state index in [0.717, 1.165) is 22.7 Å². The van der Waals surface area contributed by atoms with Gasteiger partial charge in [-0.15, -0.1) is 0 Å². The van der Waals surface area contributed by atoms with Gasteiger partial charge in [0.15, 0.2) is 0 Å². The standard InChI is InChI=1S/C15H17N3O2/c1-11-13(17-10-16-11)8-15(19)18-6-7-20-14-5-3-2-4-12(14)9-18/h2-5,10H,6-9H2,1H3,(H,16,17). The molecule has 0 saturated carbocycles. The Hall–Kier alpha value is -2.30. The fourth-order valence-electron chi connectivity index (χ4n) is 2.36. The van der Waals surface area contributed by atoms with Crippen LogP contribution in [0.3, 0.4) is 0 Å². The number of para-hydroxylation sites is 1. The Kier molecular flexibility index (Phi) is 3.41. The largest absolute Gasteiger partial charge is 0.491 e. The predicted molar refractivity (Wildman–Crippen MR) is 74.4 cm³/mol. The number of hydrogen-bond donors (Lipinski definition) is 1. The number of imidazole rings is 1. The summed E-state index contributed by atoms with van der Waals surface area (Å²) in [5.74, 6) is 0.958. The van der Waals surface area contributed by atoms with Crippen LogP contribution in [0.25, 0.3) is 0 Å². The summed E-state index contributed by atoms with van der Waals surface area (Å²) in [6.07, 6.45) is 1.95. The van der Waals surface area contributed by atoms with E-state index in [2.05, 4.69) is 9.97 Å². The third-order valence-electron chi connectivity index (χ3n) is 3.56. The van der Waals surface area contributed by atoms with E-state index in [9.17, 15) is 4.79 Å². The summed E-state index contributed by atoms with van der Waals surface area (Å²) < 4.78 is 5.67. The van der Waals surface area contributed by atoms with Crippen molar-refractivity contribution in [2.75, 3.05) is 13.2 Å². The predicted octanol–water partition coefficient (Wildman–Crippen LogP) is 1.68. The maximum Gasteiger partial charge on any atom is 0.229 e. The molecule has 0 unspecified atom stereocenters. The summed E-state index contributed by atoms with van der Waals surface area (Å²) in [6.45, 7) is 3.66. The molecular formula is C15H17N3O2. The van der Waals surface area contributed by atoms with Crippen LogP contribution in [0.2, 0.25) is 0 Å². The molecule has 104 valence electrons. The van der Waals surface area contributed by atoms with E-state index >= 15 is 0 Å². The third kappa shape index (κ3) is 2.52. The molecular weight excluding hydrogens is 254 g/mol. The van der Waals surface area contributed by atoms with E-state index < -0.39 is 0 Å². The molecule has 5 heteroatoms. The number of nitrogens with one attached hydrogen (secondary N) is 1. The molecule has 1 aromatic heterocycles. The van der Waals surface area contributed by atoms with Crippen molar-refractivity contribution in [1.29, 1.82) is 0 Å². The number of carbonyl (C=O) groups excluding carboxylic acids is 1. The van der Waals surface area contributed by atoms with Gasteiger partial charge in [-0.1, -0.05) is 18.2 Å². The van der Waals surface area contributed by atoms with Crippen molar-refractivity contribution in [2.24, 2.45) is 0 Å². The molecule has 0 aliphatic carbocycles. The number of ether oxygens (including phenoxy) is 1. The molecule has 1 aromatic carbocycles. The van der Waals surface area contributed by atoms with E-state index in [1.165, 1.54) is 0 Å². The van der Waals surface area contributed by atoms with E-state index in [0.29, 0.717) is 26.1 Å². The fourth-order valence-corrected chi connectivity index (χ4v) is 2.36. The number of fused-ring (bicyclic) bond motifs is 1. The number of carbonyl (C=O) groups is 1. The van der Waals surface area contributed by atoms with Crippen LogP contribution in [0.15, 0.2) is 30.6 Å². The van der Waals surface area contributed by atoms with Crippen LogP contribution in [-0.4, -0.2) is 33.9 Å². The van der Waals surface area contributed by atoms with Gasteiger partial charge < -0.3 is 14.6 Å². The lowest BCUT2D eigenvalue weighted by Crippen LogP contribution is -2.33. The number of aromatic nitrogens is 2. The van der Waals surface area contributed by atoms with Gasteiger partial charge >= 0.3 is 0 Å². The van der Waals surface area contributed by atoms with E-state index in [-0.39, 0.29) is 5.91 Å². The molecule has 3 rings (SSSR count). The van der Waals surface area contributed by atoms with Gasteiger partial charge in [-0.3, -0.25) is 4.79 Å². The first kappa shape index (κ1) is 12.7. The highest BCUT2D eigenvalue weighted by Gasteiger charge is 2.20.